The van der Waals surface area contributed by atoms with Crippen LogP contribution in [0.15, 0.2) is 24.3 Å². The van der Waals surface area contributed by atoms with Gasteiger partial charge in [-0.1, -0.05) is 36.8 Å². The summed E-state index contributed by atoms with van der Waals surface area (Å²) < 4.78 is 0. The topological polar surface area (TPSA) is 64.0 Å². The summed E-state index contributed by atoms with van der Waals surface area (Å²) >= 11 is 0. The summed E-state index contributed by atoms with van der Waals surface area (Å²) in [7, 11) is 0. The van der Waals surface area contributed by atoms with Crippen LogP contribution in [0.5, 0.6) is 0 Å². The van der Waals surface area contributed by atoms with Crippen molar-refractivity contribution >= 4 is 5.91 Å². The second-order valence-electron chi connectivity index (χ2n) is 10.7. The first kappa shape index (κ1) is 22.9. The molecule has 5 heteroatoms. The lowest BCUT2D eigenvalue weighted by Crippen LogP contribution is -2.68. The molecule has 2 aliphatic carbocycles. The molecule has 5 rings (SSSR count). The molecule has 0 bridgehead atoms. The number of fused-ring (bicyclic) bond motifs is 1. The van der Waals surface area contributed by atoms with Crippen molar-refractivity contribution in [2.75, 3.05) is 26.2 Å². The predicted molar refractivity (Wildman–Crippen MR) is 129 cm³/mol. The number of amides is 1. The highest BCUT2D eigenvalue weighted by atomic mass is 16.3. The zero-order chi connectivity index (χ0) is 22.8. The van der Waals surface area contributed by atoms with E-state index in [-0.39, 0.29) is 30.5 Å². The Bertz CT molecular complexity index is 890. The summed E-state index contributed by atoms with van der Waals surface area (Å²) in [6.07, 6.45) is 10.2. The minimum Gasteiger partial charge on any atom is -0.395 e. The molecule has 1 aromatic carbocycles. The Kier molecular flexibility index (Phi) is 6.79. The third-order valence-corrected chi connectivity index (χ3v) is 8.55. The minimum atomic E-state index is -0.816. The standard InChI is InChI=1S/C28H38N2O3/c31-20-25-26(22-11-9-21(10-12-22)13-16-28(33)14-3-4-15-28)24-19-29(17-5-6-18-30(24)25)27(32)23-7-1-2-8-23/h9-12,23-26,31,33H,1-8,14-15,17-20H2/t24-,25+,26+/m1/s1. The minimum absolute atomic E-state index is 0.118. The maximum Gasteiger partial charge on any atom is 0.225 e. The van der Waals surface area contributed by atoms with E-state index in [9.17, 15) is 15.0 Å². The summed E-state index contributed by atoms with van der Waals surface area (Å²) in [6, 6.07) is 8.74. The smallest absolute Gasteiger partial charge is 0.225 e. The van der Waals surface area contributed by atoms with Crippen LogP contribution < -0.4 is 0 Å². The molecule has 0 aromatic heterocycles. The summed E-state index contributed by atoms with van der Waals surface area (Å²) in [5, 5.41) is 20.7. The molecule has 4 aliphatic rings. The quantitative estimate of drug-likeness (QED) is 0.694. The number of hydrogen-bond acceptors (Lipinski definition) is 4. The number of carbonyl (C=O) groups excluding carboxylic acids is 1. The summed E-state index contributed by atoms with van der Waals surface area (Å²) in [5.41, 5.74) is 1.32. The van der Waals surface area contributed by atoms with Gasteiger partial charge in [-0.15, -0.1) is 0 Å². The van der Waals surface area contributed by atoms with Gasteiger partial charge in [-0.25, -0.2) is 0 Å². The molecule has 2 saturated carbocycles. The Morgan fingerprint density at radius 2 is 1.70 bits per heavy atom. The third-order valence-electron chi connectivity index (χ3n) is 8.55. The van der Waals surface area contributed by atoms with Gasteiger partial charge in [-0.3, -0.25) is 9.69 Å². The maximum absolute atomic E-state index is 13.2. The van der Waals surface area contributed by atoms with Crippen molar-refractivity contribution in [1.82, 2.24) is 9.80 Å². The van der Waals surface area contributed by atoms with Crippen LogP contribution >= 0.6 is 0 Å². The van der Waals surface area contributed by atoms with E-state index in [0.717, 1.165) is 76.6 Å². The second-order valence-corrected chi connectivity index (χ2v) is 10.7. The lowest BCUT2D eigenvalue weighted by atomic mass is 9.74. The fraction of sp³-hybridized carbons (Fsp3) is 0.679. The number of nitrogens with zero attached hydrogens (tertiary/aromatic N) is 2. The van der Waals surface area contributed by atoms with Gasteiger partial charge in [0.25, 0.3) is 0 Å². The molecule has 0 spiro atoms. The van der Waals surface area contributed by atoms with Gasteiger partial charge in [0.15, 0.2) is 0 Å². The van der Waals surface area contributed by atoms with E-state index in [1.807, 2.05) is 12.1 Å². The highest BCUT2D eigenvalue weighted by Gasteiger charge is 2.49. The molecular weight excluding hydrogens is 412 g/mol. The van der Waals surface area contributed by atoms with Crippen molar-refractivity contribution in [1.29, 1.82) is 0 Å². The molecule has 2 heterocycles. The Hall–Kier alpha value is -1.87. The van der Waals surface area contributed by atoms with Crippen LogP contribution in [0.1, 0.15) is 81.3 Å². The monoisotopic (exact) mass is 450 g/mol. The molecule has 178 valence electrons. The summed E-state index contributed by atoms with van der Waals surface area (Å²) in [5.74, 6) is 7.07. The largest absolute Gasteiger partial charge is 0.395 e. The fourth-order valence-corrected chi connectivity index (χ4v) is 6.63. The van der Waals surface area contributed by atoms with Crippen LogP contribution in [0, 0.1) is 17.8 Å². The van der Waals surface area contributed by atoms with Crippen LogP contribution in [-0.4, -0.2) is 69.8 Å². The van der Waals surface area contributed by atoms with Crippen molar-refractivity contribution in [3.05, 3.63) is 35.4 Å². The molecule has 4 fully saturated rings. The van der Waals surface area contributed by atoms with E-state index in [4.69, 9.17) is 0 Å². The molecule has 1 aromatic rings. The average molecular weight is 451 g/mol. The molecule has 0 radical (unpaired) electrons. The highest BCUT2D eigenvalue weighted by Crippen LogP contribution is 2.42. The number of benzene rings is 1. The van der Waals surface area contributed by atoms with Gasteiger partial charge < -0.3 is 15.1 Å². The predicted octanol–water partition coefficient (Wildman–Crippen LogP) is 3.28. The molecule has 5 nitrogen and oxygen atoms in total. The molecule has 33 heavy (non-hydrogen) atoms. The Labute approximate surface area is 198 Å². The van der Waals surface area contributed by atoms with Gasteiger partial charge in [0.1, 0.15) is 5.60 Å². The van der Waals surface area contributed by atoms with Gasteiger partial charge in [0.05, 0.1) is 6.61 Å². The van der Waals surface area contributed by atoms with Crippen molar-refractivity contribution in [2.24, 2.45) is 5.92 Å². The first-order chi connectivity index (χ1) is 16.1. The van der Waals surface area contributed by atoms with Crippen LogP contribution in [0.4, 0.5) is 0 Å². The fourth-order valence-electron chi connectivity index (χ4n) is 6.63. The number of hydrogen-bond donors (Lipinski definition) is 2. The number of aliphatic hydroxyl groups excluding tert-OH is 1. The lowest BCUT2D eigenvalue weighted by molar-refractivity contribution is -0.140. The van der Waals surface area contributed by atoms with E-state index in [0.29, 0.717) is 5.91 Å². The van der Waals surface area contributed by atoms with E-state index in [2.05, 4.69) is 33.8 Å². The van der Waals surface area contributed by atoms with Crippen LogP contribution in [0.3, 0.4) is 0 Å². The number of rotatable bonds is 3. The normalized spacial score (nSPS) is 30.0. The average Bonchev–Trinajstić information content (AvgIpc) is 3.50. The molecule has 2 saturated heterocycles. The Morgan fingerprint density at radius 1 is 1.00 bits per heavy atom. The molecule has 1 amide bonds. The first-order valence-electron chi connectivity index (χ1n) is 13.1. The van der Waals surface area contributed by atoms with Crippen molar-refractivity contribution in [2.45, 2.75) is 87.8 Å². The van der Waals surface area contributed by atoms with E-state index in [1.54, 1.807) is 0 Å². The summed E-state index contributed by atoms with van der Waals surface area (Å²) in [6.45, 7) is 2.78. The van der Waals surface area contributed by atoms with Crippen LogP contribution in [-0.2, 0) is 4.79 Å². The molecule has 2 aliphatic heterocycles. The van der Waals surface area contributed by atoms with Crippen LogP contribution in [0.25, 0.3) is 0 Å². The van der Waals surface area contributed by atoms with Gasteiger partial charge in [-0.2, -0.15) is 0 Å². The zero-order valence-electron chi connectivity index (χ0n) is 19.7. The number of aliphatic hydroxyl groups is 2. The Morgan fingerprint density at radius 3 is 2.39 bits per heavy atom. The maximum atomic E-state index is 13.2. The SMILES string of the molecule is O=C(C1CCCC1)N1CCCCN2[C@H](C1)[C@H](c1ccc(C#CC3(O)CCCC3)cc1)[C@@H]2CO. The molecule has 2 N–H and O–H groups in total. The van der Waals surface area contributed by atoms with E-state index >= 15 is 0 Å². The molecular formula is C28H38N2O3. The van der Waals surface area contributed by atoms with Crippen molar-refractivity contribution in [3.8, 4) is 11.8 Å². The highest BCUT2D eigenvalue weighted by molar-refractivity contribution is 5.79. The van der Waals surface area contributed by atoms with Crippen LogP contribution in [0.2, 0.25) is 0 Å². The first-order valence-corrected chi connectivity index (χ1v) is 13.1. The molecule has 3 atom stereocenters. The summed E-state index contributed by atoms with van der Waals surface area (Å²) in [4.78, 5) is 17.8. The van der Waals surface area contributed by atoms with Crippen molar-refractivity contribution in [3.63, 3.8) is 0 Å². The van der Waals surface area contributed by atoms with Gasteiger partial charge in [0.2, 0.25) is 5.91 Å². The third kappa shape index (κ3) is 4.71. The Balaban J connectivity index is 1.32. The van der Waals surface area contributed by atoms with Gasteiger partial charge in [0, 0.05) is 42.6 Å². The lowest BCUT2D eigenvalue weighted by Gasteiger charge is -2.57. The molecule has 0 unspecified atom stereocenters. The van der Waals surface area contributed by atoms with Crippen molar-refractivity contribution < 1.29 is 15.0 Å². The zero-order valence-corrected chi connectivity index (χ0v) is 19.7. The van der Waals surface area contributed by atoms with Gasteiger partial charge in [-0.05, 0) is 75.6 Å². The van der Waals surface area contributed by atoms with E-state index < -0.39 is 5.60 Å². The number of carbonyl (C=O) groups is 1. The van der Waals surface area contributed by atoms with Gasteiger partial charge >= 0.3 is 0 Å². The van der Waals surface area contributed by atoms with E-state index in [1.165, 1.54) is 18.4 Å². The second kappa shape index (κ2) is 9.78.